The molecule has 2 heterocycles. The topological polar surface area (TPSA) is 103 Å². The number of aromatic carboxylic acids is 1. The fourth-order valence-electron chi connectivity index (χ4n) is 1.53. The molecule has 0 aliphatic carbocycles. The predicted octanol–water partition coefficient (Wildman–Crippen LogP) is 0.467. The number of carboxylic acid groups (broad SMARTS) is 1. The van der Waals surface area contributed by atoms with Crippen molar-refractivity contribution >= 4 is 5.97 Å². The fraction of sp³-hybridized carbons (Fsp3) is 0.400. The third-order valence-corrected chi connectivity index (χ3v) is 2.47. The maximum Gasteiger partial charge on any atom is 0.358 e. The average Bonchev–Trinajstić information content (AvgIpc) is 2.89. The van der Waals surface area contributed by atoms with Crippen LogP contribution < -0.4 is 0 Å². The second kappa shape index (κ2) is 4.96. The van der Waals surface area contributed by atoms with Crippen LogP contribution in [0.1, 0.15) is 27.6 Å². The van der Waals surface area contributed by atoms with E-state index in [1.807, 2.05) is 0 Å². The minimum Gasteiger partial charge on any atom is -0.476 e. The highest BCUT2D eigenvalue weighted by molar-refractivity contribution is 5.86. The highest BCUT2D eigenvalue weighted by Crippen LogP contribution is 2.11. The molecule has 8 heteroatoms. The second-order valence-electron chi connectivity index (χ2n) is 3.64. The Morgan fingerprint density at radius 3 is 2.94 bits per heavy atom. The van der Waals surface area contributed by atoms with E-state index in [0.717, 1.165) is 0 Å². The summed E-state index contributed by atoms with van der Waals surface area (Å²) in [6.45, 7) is 2.18. The van der Waals surface area contributed by atoms with Gasteiger partial charge in [-0.25, -0.2) is 14.5 Å². The SMILES string of the molecule is COCc1c(C(=O)O)nnn1Cc1ncoc1C. The van der Waals surface area contributed by atoms with Crippen molar-refractivity contribution in [3.05, 3.63) is 29.2 Å². The van der Waals surface area contributed by atoms with Gasteiger partial charge in [0, 0.05) is 7.11 Å². The Hall–Kier alpha value is -2.22. The fourth-order valence-corrected chi connectivity index (χ4v) is 1.53. The van der Waals surface area contributed by atoms with Gasteiger partial charge in [0.2, 0.25) is 0 Å². The molecule has 0 spiro atoms. The summed E-state index contributed by atoms with van der Waals surface area (Å²) in [5, 5.41) is 16.4. The highest BCUT2D eigenvalue weighted by atomic mass is 16.5. The number of methoxy groups -OCH3 is 1. The summed E-state index contributed by atoms with van der Waals surface area (Å²) in [6.07, 6.45) is 1.33. The monoisotopic (exact) mass is 252 g/mol. The van der Waals surface area contributed by atoms with E-state index in [1.54, 1.807) is 6.92 Å². The van der Waals surface area contributed by atoms with Crippen molar-refractivity contribution in [2.24, 2.45) is 0 Å². The molecule has 0 aliphatic heterocycles. The van der Waals surface area contributed by atoms with E-state index in [4.69, 9.17) is 14.3 Å². The molecule has 2 rings (SSSR count). The lowest BCUT2D eigenvalue weighted by Crippen LogP contribution is -2.11. The van der Waals surface area contributed by atoms with Gasteiger partial charge < -0.3 is 14.3 Å². The molecule has 0 unspecified atom stereocenters. The van der Waals surface area contributed by atoms with E-state index in [-0.39, 0.29) is 12.3 Å². The lowest BCUT2D eigenvalue weighted by molar-refractivity contribution is 0.0684. The molecular weight excluding hydrogens is 240 g/mol. The third-order valence-electron chi connectivity index (χ3n) is 2.47. The smallest absolute Gasteiger partial charge is 0.358 e. The zero-order valence-corrected chi connectivity index (χ0v) is 9.95. The molecule has 0 bridgehead atoms. The molecule has 2 aromatic heterocycles. The summed E-state index contributed by atoms with van der Waals surface area (Å²) in [4.78, 5) is 15.0. The molecular formula is C10H12N4O4. The number of oxazole rings is 1. The number of nitrogens with zero attached hydrogens (tertiary/aromatic N) is 4. The molecule has 0 amide bonds. The maximum absolute atomic E-state index is 11.0. The van der Waals surface area contributed by atoms with Crippen LogP contribution >= 0.6 is 0 Å². The highest BCUT2D eigenvalue weighted by Gasteiger charge is 2.19. The minimum atomic E-state index is -1.13. The summed E-state index contributed by atoms with van der Waals surface area (Å²) < 4.78 is 11.5. The van der Waals surface area contributed by atoms with Gasteiger partial charge in [0.15, 0.2) is 12.1 Å². The van der Waals surface area contributed by atoms with Crippen molar-refractivity contribution in [2.45, 2.75) is 20.1 Å². The molecule has 1 N–H and O–H groups in total. The predicted molar refractivity (Wildman–Crippen MR) is 58.0 cm³/mol. The van der Waals surface area contributed by atoms with Crippen LogP contribution in [0.15, 0.2) is 10.8 Å². The molecule has 0 aliphatic rings. The number of hydrogen-bond donors (Lipinski definition) is 1. The molecule has 0 atom stereocenters. The Kier molecular flexibility index (Phi) is 3.38. The van der Waals surface area contributed by atoms with Crippen molar-refractivity contribution < 1.29 is 19.1 Å². The van der Waals surface area contributed by atoms with E-state index < -0.39 is 5.97 Å². The van der Waals surface area contributed by atoms with Gasteiger partial charge in [-0.05, 0) is 6.92 Å². The van der Waals surface area contributed by atoms with E-state index in [9.17, 15) is 4.79 Å². The third kappa shape index (κ3) is 2.23. The number of rotatable bonds is 5. The van der Waals surface area contributed by atoms with Gasteiger partial charge in [-0.15, -0.1) is 5.10 Å². The molecule has 0 aromatic carbocycles. The first-order chi connectivity index (χ1) is 8.63. The van der Waals surface area contributed by atoms with E-state index >= 15 is 0 Å². The minimum absolute atomic E-state index is 0.113. The number of aromatic nitrogens is 4. The number of hydrogen-bond acceptors (Lipinski definition) is 6. The van der Waals surface area contributed by atoms with Gasteiger partial charge in [0.1, 0.15) is 11.5 Å². The van der Waals surface area contributed by atoms with Crippen LogP contribution in [-0.4, -0.2) is 38.2 Å². The molecule has 0 saturated carbocycles. The average molecular weight is 252 g/mol. The number of carboxylic acids is 1. The zero-order chi connectivity index (χ0) is 13.1. The summed E-state index contributed by atoms with van der Waals surface area (Å²) in [5.41, 5.74) is 0.958. The van der Waals surface area contributed by atoms with Crippen LogP contribution in [0, 0.1) is 6.92 Å². The Bertz CT molecular complexity index is 560. The van der Waals surface area contributed by atoms with Crippen LogP contribution in [-0.2, 0) is 17.9 Å². The van der Waals surface area contributed by atoms with Gasteiger partial charge in [-0.2, -0.15) is 0 Å². The molecule has 0 radical (unpaired) electrons. The van der Waals surface area contributed by atoms with Crippen molar-refractivity contribution in [3.63, 3.8) is 0 Å². The van der Waals surface area contributed by atoms with Crippen LogP contribution in [0.25, 0.3) is 0 Å². The number of aryl methyl sites for hydroxylation is 1. The molecule has 2 aromatic rings. The lowest BCUT2D eigenvalue weighted by Gasteiger charge is -2.04. The van der Waals surface area contributed by atoms with Crippen molar-refractivity contribution in [2.75, 3.05) is 7.11 Å². The Balaban J connectivity index is 2.33. The Morgan fingerprint density at radius 2 is 2.39 bits per heavy atom. The van der Waals surface area contributed by atoms with Gasteiger partial charge >= 0.3 is 5.97 Å². The van der Waals surface area contributed by atoms with E-state index in [1.165, 1.54) is 18.2 Å². The zero-order valence-electron chi connectivity index (χ0n) is 9.95. The van der Waals surface area contributed by atoms with Crippen LogP contribution in [0.4, 0.5) is 0 Å². The summed E-state index contributed by atoms with van der Waals surface area (Å²) in [6, 6.07) is 0. The van der Waals surface area contributed by atoms with Crippen LogP contribution in [0.5, 0.6) is 0 Å². The Labute approximate surface area is 102 Å². The molecule has 96 valence electrons. The maximum atomic E-state index is 11.0. The van der Waals surface area contributed by atoms with Crippen molar-refractivity contribution in [1.29, 1.82) is 0 Å². The first-order valence-corrected chi connectivity index (χ1v) is 5.17. The Morgan fingerprint density at radius 1 is 1.61 bits per heavy atom. The largest absolute Gasteiger partial charge is 0.476 e. The van der Waals surface area contributed by atoms with Gasteiger partial charge in [0.25, 0.3) is 0 Å². The number of carbonyl (C=O) groups is 1. The summed E-state index contributed by atoms with van der Waals surface area (Å²) in [5.74, 6) is -0.476. The second-order valence-corrected chi connectivity index (χ2v) is 3.64. The van der Waals surface area contributed by atoms with E-state index in [0.29, 0.717) is 23.7 Å². The molecule has 0 fully saturated rings. The van der Waals surface area contributed by atoms with E-state index in [2.05, 4.69) is 15.3 Å². The standard InChI is InChI=1S/C10H12N4O4/c1-6-7(11-5-18-6)3-14-8(4-17-2)9(10(15)16)12-13-14/h5H,3-4H2,1-2H3,(H,15,16). The van der Waals surface area contributed by atoms with Gasteiger partial charge in [0.05, 0.1) is 18.8 Å². The van der Waals surface area contributed by atoms with Crippen LogP contribution in [0.3, 0.4) is 0 Å². The first-order valence-electron chi connectivity index (χ1n) is 5.17. The summed E-state index contributed by atoms with van der Waals surface area (Å²) in [7, 11) is 1.48. The molecule has 8 nitrogen and oxygen atoms in total. The molecule has 0 saturated heterocycles. The van der Waals surface area contributed by atoms with Crippen LogP contribution in [0.2, 0.25) is 0 Å². The first kappa shape index (κ1) is 12.2. The van der Waals surface area contributed by atoms with Crippen molar-refractivity contribution in [3.8, 4) is 0 Å². The van der Waals surface area contributed by atoms with Crippen molar-refractivity contribution in [1.82, 2.24) is 20.0 Å². The summed E-state index contributed by atoms with van der Waals surface area (Å²) >= 11 is 0. The quantitative estimate of drug-likeness (QED) is 0.824. The van der Waals surface area contributed by atoms with Gasteiger partial charge in [-0.1, -0.05) is 5.21 Å². The lowest BCUT2D eigenvalue weighted by atomic mass is 10.3. The molecule has 18 heavy (non-hydrogen) atoms. The van der Waals surface area contributed by atoms with Gasteiger partial charge in [-0.3, -0.25) is 0 Å². The number of ether oxygens (including phenoxy) is 1. The normalized spacial score (nSPS) is 10.8.